The van der Waals surface area contributed by atoms with Crippen molar-refractivity contribution in [2.45, 2.75) is 20.1 Å². The zero-order valence-corrected chi connectivity index (χ0v) is 14.4. The first kappa shape index (κ1) is 17.1. The summed E-state index contributed by atoms with van der Waals surface area (Å²) < 4.78 is 0. The number of nitrogens with one attached hydrogen (secondary N) is 1. The van der Waals surface area contributed by atoms with E-state index < -0.39 is 5.91 Å². The van der Waals surface area contributed by atoms with E-state index >= 15 is 0 Å². The van der Waals surface area contributed by atoms with Crippen LogP contribution in [0.15, 0.2) is 48.5 Å². The van der Waals surface area contributed by atoms with Crippen LogP contribution in [0.4, 0.5) is 0 Å². The molecule has 7 heteroatoms. The van der Waals surface area contributed by atoms with Gasteiger partial charge in [-0.1, -0.05) is 47.5 Å². The minimum absolute atomic E-state index is 0.0927. The number of hydrogen-bond acceptors (Lipinski definition) is 4. The third-order valence-corrected chi connectivity index (χ3v) is 4.08. The van der Waals surface area contributed by atoms with E-state index in [4.69, 9.17) is 11.6 Å². The molecule has 1 amide bonds. The van der Waals surface area contributed by atoms with Crippen molar-refractivity contribution in [3.8, 4) is 5.69 Å². The molecule has 6 nitrogen and oxygen atoms in total. The molecule has 0 spiro atoms. The molecule has 2 N–H and O–H groups in total. The van der Waals surface area contributed by atoms with Crippen LogP contribution in [0.1, 0.15) is 27.3 Å². The largest absolute Gasteiger partial charge is 0.390 e. The van der Waals surface area contributed by atoms with Crippen LogP contribution in [-0.4, -0.2) is 26.0 Å². The van der Waals surface area contributed by atoms with E-state index in [1.807, 2.05) is 49.4 Å². The Kier molecular flexibility index (Phi) is 5.11. The zero-order valence-electron chi connectivity index (χ0n) is 13.6. The normalized spacial score (nSPS) is 10.7. The summed E-state index contributed by atoms with van der Waals surface area (Å²) in [5.74, 6) is -0.415. The summed E-state index contributed by atoms with van der Waals surface area (Å²) in [7, 11) is 0. The number of aliphatic hydroxyl groups excluding tert-OH is 1. The molecular formula is C18H17ClN4O2. The predicted molar refractivity (Wildman–Crippen MR) is 94.6 cm³/mol. The van der Waals surface area contributed by atoms with Gasteiger partial charge >= 0.3 is 0 Å². The van der Waals surface area contributed by atoms with Gasteiger partial charge in [-0.3, -0.25) is 4.79 Å². The number of carbonyl (C=O) groups excluding carboxylic acids is 1. The first-order valence-corrected chi connectivity index (χ1v) is 8.12. The lowest BCUT2D eigenvalue weighted by Crippen LogP contribution is -2.24. The van der Waals surface area contributed by atoms with Crippen molar-refractivity contribution in [1.82, 2.24) is 20.3 Å². The lowest BCUT2D eigenvalue weighted by atomic mass is 10.2. The maximum Gasteiger partial charge on any atom is 0.274 e. The van der Waals surface area contributed by atoms with Crippen molar-refractivity contribution in [3.05, 3.63) is 76.1 Å². The smallest absolute Gasteiger partial charge is 0.274 e. The van der Waals surface area contributed by atoms with Gasteiger partial charge in [-0.25, -0.2) is 0 Å². The molecule has 25 heavy (non-hydrogen) atoms. The van der Waals surface area contributed by atoms with Gasteiger partial charge in [0.05, 0.1) is 12.3 Å². The average molecular weight is 357 g/mol. The number of aryl methyl sites for hydroxylation is 1. The fraction of sp³-hybridized carbons (Fsp3) is 0.167. The summed E-state index contributed by atoms with van der Waals surface area (Å²) in [5, 5.41) is 21.2. The number of hydrogen-bond donors (Lipinski definition) is 2. The van der Waals surface area contributed by atoms with Crippen LogP contribution in [0.2, 0.25) is 5.02 Å². The Balaban J connectivity index is 1.80. The van der Waals surface area contributed by atoms with Crippen LogP contribution in [0, 0.1) is 6.92 Å². The summed E-state index contributed by atoms with van der Waals surface area (Å²) in [4.78, 5) is 13.8. The highest BCUT2D eigenvalue weighted by molar-refractivity contribution is 6.31. The monoisotopic (exact) mass is 356 g/mol. The molecule has 0 saturated heterocycles. The number of aliphatic hydroxyl groups is 1. The van der Waals surface area contributed by atoms with Crippen LogP contribution in [0.5, 0.6) is 0 Å². The van der Waals surface area contributed by atoms with Crippen molar-refractivity contribution in [3.63, 3.8) is 0 Å². The molecule has 0 fully saturated rings. The summed E-state index contributed by atoms with van der Waals surface area (Å²) >= 11 is 6.09. The third kappa shape index (κ3) is 3.87. The molecule has 0 aliphatic carbocycles. The second-order valence-corrected chi connectivity index (χ2v) is 5.96. The Bertz CT molecular complexity index is 890. The molecule has 0 aliphatic rings. The Labute approximate surface area is 150 Å². The van der Waals surface area contributed by atoms with Crippen LogP contribution in [0.3, 0.4) is 0 Å². The van der Waals surface area contributed by atoms with Crippen molar-refractivity contribution in [1.29, 1.82) is 0 Å². The fourth-order valence-corrected chi connectivity index (χ4v) is 2.52. The van der Waals surface area contributed by atoms with Gasteiger partial charge in [-0.15, -0.1) is 10.2 Å². The lowest BCUT2D eigenvalue weighted by Gasteiger charge is -2.05. The first-order valence-electron chi connectivity index (χ1n) is 7.74. The van der Waals surface area contributed by atoms with Gasteiger partial charge < -0.3 is 10.4 Å². The van der Waals surface area contributed by atoms with Crippen LogP contribution in [0.25, 0.3) is 5.69 Å². The molecule has 3 aromatic rings. The maximum atomic E-state index is 12.4. The van der Waals surface area contributed by atoms with Gasteiger partial charge in [0, 0.05) is 11.6 Å². The molecular weight excluding hydrogens is 340 g/mol. The van der Waals surface area contributed by atoms with Crippen molar-refractivity contribution < 1.29 is 9.90 Å². The Morgan fingerprint density at radius 1 is 1.16 bits per heavy atom. The van der Waals surface area contributed by atoms with Crippen LogP contribution < -0.4 is 5.32 Å². The summed E-state index contributed by atoms with van der Waals surface area (Å²) in [6.07, 6.45) is 0. The minimum Gasteiger partial charge on any atom is -0.390 e. The number of aromatic nitrogens is 3. The average Bonchev–Trinajstić information content (AvgIpc) is 3.06. The predicted octanol–water partition coefficient (Wildman–Crippen LogP) is 2.65. The SMILES string of the molecule is Cc1ccc(-n2nc(CO)c(C(=O)NCc3ccccc3Cl)n2)cc1. The number of nitrogens with zero attached hydrogens (tertiary/aromatic N) is 3. The molecule has 0 unspecified atom stereocenters. The summed E-state index contributed by atoms with van der Waals surface area (Å²) in [6, 6.07) is 14.8. The standard InChI is InChI=1S/C18H17ClN4O2/c1-12-6-8-14(9-7-12)23-21-16(11-24)17(22-23)18(25)20-10-13-4-2-3-5-15(13)19/h2-9,24H,10-11H2,1H3,(H,20,25). The number of carbonyl (C=O) groups is 1. The van der Waals surface area contributed by atoms with E-state index in [2.05, 4.69) is 15.5 Å². The highest BCUT2D eigenvalue weighted by Gasteiger charge is 2.18. The number of halogens is 1. The number of benzene rings is 2. The molecule has 3 rings (SSSR count). The Morgan fingerprint density at radius 3 is 2.56 bits per heavy atom. The third-order valence-electron chi connectivity index (χ3n) is 3.71. The van der Waals surface area contributed by atoms with E-state index in [9.17, 15) is 9.90 Å². The summed E-state index contributed by atoms with van der Waals surface area (Å²) in [5.41, 5.74) is 2.93. The minimum atomic E-state index is -0.415. The second-order valence-electron chi connectivity index (χ2n) is 5.55. The van der Waals surface area contributed by atoms with Gasteiger partial charge in [0.15, 0.2) is 5.69 Å². The molecule has 2 aromatic carbocycles. The van der Waals surface area contributed by atoms with Gasteiger partial charge in [0.2, 0.25) is 0 Å². The van der Waals surface area contributed by atoms with Crippen molar-refractivity contribution in [2.24, 2.45) is 0 Å². The van der Waals surface area contributed by atoms with Gasteiger partial charge in [-0.05, 0) is 30.7 Å². The molecule has 0 radical (unpaired) electrons. The van der Waals surface area contributed by atoms with E-state index in [1.54, 1.807) is 6.07 Å². The number of amides is 1. The Morgan fingerprint density at radius 2 is 1.88 bits per heavy atom. The molecule has 0 aliphatic heterocycles. The second kappa shape index (κ2) is 7.46. The van der Waals surface area contributed by atoms with Crippen molar-refractivity contribution >= 4 is 17.5 Å². The molecule has 0 atom stereocenters. The molecule has 128 valence electrons. The van der Waals surface area contributed by atoms with Crippen molar-refractivity contribution in [2.75, 3.05) is 0 Å². The molecule has 1 heterocycles. The quantitative estimate of drug-likeness (QED) is 0.736. The molecule has 0 bridgehead atoms. The highest BCUT2D eigenvalue weighted by atomic mass is 35.5. The topological polar surface area (TPSA) is 80.0 Å². The fourth-order valence-electron chi connectivity index (χ4n) is 2.31. The lowest BCUT2D eigenvalue weighted by molar-refractivity contribution is 0.0942. The van der Waals surface area contributed by atoms with E-state index in [0.717, 1.165) is 11.1 Å². The van der Waals surface area contributed by atoms with Gasteiger partial charge in [-0.2, -0.15) is 4.80 Å². The van der Waals surface area contributed by atoms with Gasteiger partial charge in [0.25, 0.3) is 5.91 Å². The number of rotatable bonds is 5. The Hall–Kier alpha value is -2.70. The zero-order chi connectivity index (χ0) is 17.8. The highest BCUT2D eigenvalue weighted by Crippen LogP contribution is 2.15. The van der Waals surface area contributed by atoms with E-state index in [-0.39, 0.29) is 24.5 Å². The molecule has 0 saturated carbocycles. The first-order chi connectivity index (χ1) is 12.1. The maximum absolute atomic E-state index is 12.4. The van der Waals surface area contributed by atoms with E-state index in [0.29, 0.717) is 10.7 Å². The summed E-state index contributed by atoms with van der Waals surface area (Å²) in [6.45, 7) is 1.87. The van der Waals surface area contributed by atoms with Gasteiger partial charge in [0.1, 0.15) is 5.69 Å². The molecule has 1 aromatic heterocycles. The van der Waals surface area contributed by atoms with Crippen LogP contribution >= 0.6 is 11.6 Å². The van der Waals surface area contributed by atoms with Crippen LogP contribution in [-0.2, 0) is 13.2 Å². The van der Waals surface area contributed by atoms with E-state index in [1.165, 1.54) is 4.80 Å².